The molecule has 1 fully saturated rings. The van der Waals surface area contributed by atoms with Gasteiger partial charge in [-0.3, -0.25) is 14.4 Å². The number of nitrogens with one attached hydrogen (secondary N) is 1. The van der Waals surface area contributed by atoms with Crippen molar-refractivity contribution < 1.29 is 19.1 Å². The Morgan fingerprint density at radius 2 is 2.04 bits per heavy atom. The number of hydrogen-bond donors (Lipinski definition) is 1. The van der Waals surface area contributed by atoms with Crippen molar-refractivity contribution in [3.05, 3.63) is 28.8 Å². The zero-order valence-electron chi connectivity index (χ0n) is 14.5. The van der Waals surface area contributed by atoms with E-state index >= 15 is 0 Å². The molecule has 0 heterocycles. The Labute approximate surface area is 152 Å². The van der Waals surface area contributed by atoms with Gasteiger partial charge in [0.25, 0.3) is 5.91 Å². The summed E-state index contributed by atoms with van der Waals surface area (Å²) in [5.74, 6) is -1.11. The molecule has 0 aliphatic heterocycles. The number of benzene rings is 1. The number of hydrogen-bond acceptors (Lipinski definition) is 4. The van der Waals surface area contributed by atoms with E-state index in [0.717, 1.165) is 24.8 Å². The highest BCUT2D eigenvalue weighted by Crippen LogP contribution is 2.27. The molecule has 0 radical (unpaired) electrons. The third kappa shape index (κ3) is 5.46. The molecule has 1 saturated carbocycles. The molecule has 6 nitrogen and oxygen atoms in total. The average Bonchev–Trinajstić information content (AvgIpc) is 2.52. The zero-order chi connectivity index (χ0) is 18.4. The topological polar surface area (TPSA) is 75.7 Å². The lowest BCUT2D eigenvalue weighted by atomic mass is 9.86. The fourth-order valence-corrected chi connectivity index (χ4v) is 2.63. The van der Waals surface area contributed by atoms with E-state index in [9.17, 15) is 14.4 Å². The van der Waals surface area contributed by atoms with E-state index in [4.69, 9.17) is 16.3 Å². The second-order valence-electron chi connectivity index (χ2n) is 6.15. The zero-order valence-corrected chi connectivity index (χ0v) is 15.3. The van der Waals surface area contributed by atoms with Crippen LogP contribution in [-0.4, -0.2) is 42.4 Å². The van der Waals surface area contributed by atoms with Crippen LogP contribution in [0.5, 0.6) is 0 Å². The molecule has 1 aromatic rings. The van der Waals surface area contributed by atoms with Crippen molar-refractivity contribution >= 4 is 35.1 Å². The maximum Gasteiger partial charge on any atom is 0.309 e. The van der Waals surface area contributed by atoms with E-state index in [1.807, 2.05) is 6.92 Å². The molecule has 2 rings (SSSR count). The molecule has 136 valence electrons. The Hall–Kier alpha value is -2.08. The first kappa shape index (κ1) is 19.2. The van der Waals surface area contributed by atoms with Crippen LogP contribution in [0, 0.1) is 12.8 Å². The van der Waals surface area contributed by atoms with Crippen LogP contribution >= 0.6 is 11.6 Å². The number of halogens is 1. The van der Waals surface area contributed by atoms with Gasteiger partial charge in [0, 0.05) is 17.3 Å². The molecule has 1 aliphatic rings. The first-order valence-corrected chi connectivity index (χ1v) is 8.79. The fraction of sp³-hybridized carbons (Fsp3) is 0.500. The van der Waals surface area contributed by atoms with Gasteiger partial charge >= 0.3 is 5.97 Å². The molecule has 25 heavy (non-hydrogen) atoms. The lowest BCUT2D eigenvalue weighted by Crippen LogP contribution is -2.40. The van der Waals surface area contributed by atoms with Crippen LogP contribution in [0.15, 0.2) is 18.2 Å². The molecule has 1 N–H and O–H groups in total. The number of esters is 1. The normalized spacial score (nSPS) is 13.7. The molecule has 0 unspecified atom stereocenters. The summed E-state index contributed by atoms with van der Waals surface area (Å²) >= 11 is 5.93. The largest absolute Gasteiger partial charge is 0.455 e. The predicted octanol–water partition coefficient (Wildman–Crippen LogP) is 2.78. The standard InChI is InChI=1S/C18H23ClN2O4/c1-3-21(17(23)11-25-18(24)13-5-4-6-13)10-16(22)20-15-9-14(19)8-7-12(15)2/h7-9,13H,3-6,10-11H2,1-2H3,(H,20,22). The van der Waals surface area contributed by atoms with Gasteiger partial charge in [0.15, 0.2) is 6.61 Å². The van der Waals surface area contributed by atoms with Gasteiger partial charge in [0.1, 0.15) is 0 Å². The summed E-state index contributed by atoms with van der Waals surface area (Å²) in [6.45, 7) is 3.54. The molecular weight excluding hydrogens is 344 g/mol. The van der Waals surface area contributed by atoms with E-state index in [1.54, 1.807) is 25.1 Å². The molecule has 0 saturated heterocycles. The first-order valence-electron chi connectivity index (χ1n) is 8.41. The monoisotopic (exact) mass is 366 g/mol. The number of carbonyl (C=O) groups excluding carboxylic acids is 3. The summed E-state index contributed by atoms with van der Waals surface area (Å²) in [6, 6.07) is 5.21. The van der Waals surface area contributed by atoms with Crippen molar-refractivity contribution in [3.63, 3.8) is 0 Å². The van der Waals surface area contributed by atoms with E-state index in [0.29, 0.717) is 17.3 Å². The molecule has 1 aromatic carbocycles. The minimum absolute atomic E-state index is 0.0722. The number of aryl methyl sites for hydroxylation is 1. The van der Waals surface area contributed by atoms with Crippen LogP contribution in [0.1, 0.15) is 31.7 Å². The number of likely N-dealkylation sites (N-methyl/N-ethyl adjacent to an activating group) is 1. The van der Waals surface area contributed by atoms with Crippen LogP contribution in [0.4, 0.5) is 5.69 Å². The maximum absolute atomic E-state index is 12.2. The minimum atomic E-state index is -0.381. The smallest absolute Gasteiger partial charge is 0.309 e. The van der Waals surface area contributed by atoms with Crippen molar-refractivity contribution in [1.82, 2.24) is 4.90 Å². The quantitative estimate of drug-likeness (QED) is 0.753. The molecular formula is C18H23ClN2O4. The molecule has 1 aliphatic carbocycles. The van der Waals surface area contributed by atoms with Gasteiger partial charge in [-0.25, -0.2) is 0 Å². The highest BCUT2D eigenvalue weighted by molar-refractivity contribution is 6.31. The summed E-state index contributed by atoms with van der Waals surface area (Å²) < 4.78 is 5.05. The Bertz CT molecular complexity index is 658. The van der Waals surface area contributed by atoms with Gasteiger partial charge in [-0.05, 0) is 44.4 Å². The van der Waals surface area contributed by atoms with Crippen LogP contribution < -0.4 is 5.32 Å². The second kappa shape index (κ2) is 8.85. The van der Waals surface area contributed by atoms with E-state index in [2.05, 4.69) is 5.32 Å². The van der Waals surface area contributed by atoms with Gasteiger partial charge in [-0.1, -0.05) is 24.1 Å². The van der Waals surface area contributed by atoms with E-state index in [-0.39, 0.29) is 36.9 Å². The molecule has 0 atom stereocenters. The van der Waals surface area contributed by atoms with Crippen LogP contribution in [0.2, 0.25) is 5.02 Å². The molecule has 2 amide bonds. The van der Waals surface area contributed by atoms with Crippen LogP contribution in [-0.2, 0) is 19.1 Å². The summed E-state index contributed by atoms with van der Waals surface area (Å²) in [5, 5.41) is 3.27. The molecule has 0 spiro atoms. The third-order valence-electron chi connectivity index (χ3n) is 4.32. The van der Waals surface area contributed by atoms with E-state index < -0.39 is 0 Å². The fourth-order valence-electron chi connectivity index (χ4n) is 2.45. The average molecular weight is 367 g/mol. The lowest BCUT2D eigenvalue weighted by molar-refractivity contribution is -0.157. The van der Waals surface area contributed by atoms with Crippen molar-refractivity contribution in [2.45, 2.75) is 33.1 Å². The first-order chi connectivity index (χ1) is 11.9. The second-order valence-corrected chi connectivity index (χ2v) is 6.59. The summed E-state index contributed by atoms with van der Waals surface area (Å²) in [4.78, 5) is 37.4. The Balaban J connectivity index is 1.84. The van der Waals surface area contributed by atoms with Crippen molar-refractivity contribution in [2.75, 3.05) is 25.0 Å². The highest BCUT2D eigenvalue weighted by atomic mass is 35.5. The van der Waals surface area contributed by atoms with Crippen molar-refractivity contribution in [1.29, 1.82) is 0 Å². The number of amides is 2. The van der Waals surface area contributed by atoms with Crippen molar-refractivity contribution in [2.24, 2.45) is 5.92 Å². The van der Waals surface area contributed by atoms with Crippen molar-refractivity contribution in [3.8, 4) is 0 Å². The number of rotatable bonds is 7. The number of anilines is 1. The molecule has 7 heteroatoms. The predicted molar refractivity (Wildman–Crippen MR) is 95.4 cm³/mol. The highest BCUT2D eigenvalue weighted by Gasteiger charge is 2.27. The molecule has 0 bridgehead atoms. The summed E-state index contributed by atoms with van der Waals surface area (Å²) in [5.41, 5.74) is 1.49. The van der Waals surface area contributed by atoms with E-state index in [1.165, 1.54) is 4.90 Å². The third-order valence-corrected chi connectivity index (χ3v) is 4.55. The van der Waals surface area contributed by atoms with Gasteiger partial charge in [0.2, 0.25) is 5.91 Å². The van der Waals surface area contributed by atoms with Gasteiger partial charge < -0.3 is 15.0 Å². The Kier molecular flexibility index (Phi) is 6.82. The van der Waals surface area contributed by atoms with Crippen LogP contribution in [0.25, 0.3) is 0 Å². The van der Waals surface area contributed by atoms with Gasteiger partial charge in [0.05, 0.1) is 12.5 Å². The lowest BCUT2D eigenvalue weighted by Gasteiger charge is -2.24. The molecule has 0 aromatic heterocycles. The maximum atomic E-state index is 12.2. The number of ether oxygens (including phenoxy) is 1. The van der Waals surface area contributed by atoms with Gasteiger partial charge in [-0.2, -0.15) is 0 Å². The number of carbonyl (C=O) groups is 3. The van der Waals surface area contributed by atoms with Crippen LogP contribution in [0.3, 0.4) is 0 Å². The van der Waals surface area contributed by atoms with Gasteiger partial charge in [-0.15, -0.1) is 0 Å². The Morgan fingerprint density at radius 3 is 2.64 bits per heavy atom. The summed E-state index contributed by atoms with van der Waals surface area (Å²) in [6.07, 6.45) is 2.68. The number of nitrogens with zero attached hydrogens (tertiary/aromatic N) is 1. The summed E-state index contributed by atoms with van der Waals surface area (Å²) in [7, 11) is 0. The SMILES string of the molecule is CCN(CC(=O)Nc1cc(Cl)ccc1C)C(=O)COC(=O)C1CCC1. The minimum Gasteiger partial charge on any atom is -0.455 e. The Morgan fingerprint density at radius 1 is 1.32 bits per heavy atom.